The second-order valence-corrected chi connectivity index (χ2v) is 6.18. The normalized spacial score (nSPS) is 10.5. The molecule has 17 heavy (non-hydrogen) atoms. The molecule has 0 heterocycles. The Balaban J connectivity index is 2.55. The number of halogens is 2. The molecule has 88 valence electrons. The van der Waals surface area contributed by atoms with Crippen LogP contribution in [0.4, 0.5) is 0 Å². The van der Waals surface area contributed by atoms with Crippen LogP contribution in [0, 0.1) is 0 Å². The maximum Gasteiger partial charge on any atom is 0.0484 e. The summed E-state index contributed by atoms with van der Waals surface area (Å²) in [4.78, 5) is 1.26. The summed E-state index contributed by atoms with van der Waals surface area (Å²) in [5.74, 6) is 1.05. The standard InChI is InChI=1S/C14H12BrClS/c1-2-17-14-9-10(15)7-8-12(14)11-5-3-4-6-13(11)16/h3-9H,2H2,1H3. The summed E-state index contributed by atoms with van der Waals surface area (Å²) in [6, 6.07) is 14.3. The van der Waals surface area contributed by atoms with Crippen LogP contribution >= 0.6 is 39.3 Å². The van der Waals surface area contributed by atoms with Crippen molar-refractivity contribution in [3.8, 4) is 11.1 Å². The van der Waals surface area contributed by atoms with E-state index in [0.29, 0.717) is 0 Å². The predicted molar refractivity (Wildman–Crippen MR) is 81.0 cm³/mol. The molecule has 0 aromatic heterocycles. The Morgan fingerprint density at radius 2 is 1.88 bits per heavy atom. The predicted octanol–water partition coefficient (Wildman–Crippen LogP) is 5.88. The highest BCUT2D eigenvalue weighted by molar-refractivity contribution is 9.10. The number of hydrogen-bond donors (Lipinski definition) is 0. The van der Waals surface area contributed by atoms with Crippen molar-refractivity contribution in [2.75, 3.05) is 5.75 Å². The SMILES string of the molecule is CCSc1cc(Br)ccc1-c1ccccc1Cl. The van der Waals surface area contributed by atoms with Gasteiger partial charge in [-0.15, -0.1) is 11.8 Å². The van der Waals surface area contributed by atoms with Crippen LogP contribution in [-0.2, 0) is 0 Å². The van der Waals surface area contributed by atoms with E-state index < -0.39 is 0 Å². The van der Waals surface area contributed by atoms with Crippen LogP contribution in [-0.4, -0.2) is 5.75 Å². The van der Waals surface area contributed by atoms with Crippen molar-refractivity contribution in [3.63, 3.8) is 0 Å². The molecular weight excluding hydrogens is 316 g/mol. The summed E-state index contributed by atoms with van der Waals surface area (Å²) in [5.41, 5.74) is 2.29. The van der Waals surface area contributed by atoms with Gasteiger partial charge in [0.1, 0.15) is 0 Å². The van der Waals surface area contributed by atoms with Crippen LogP contribution in [0.1, 0.15) is 6.92 Å². The first-order valence-electron chi connectivity index (χ1n) is 5.39. The maximum atomic E-state index is 6.25. The smallest absolute Gasteiger partial charge is 0.0484 e. The maximum absolute atomic E-state index is 6.25. The monoisotopic (exact) mass is 326 g/mol. The molecule has 0 atom stereocenters. The summed E-state index contributed by atoms with van der Waals surface area (Å²) in [7, 11) is 0. The minimum atomic E-state index is 0.799. The molecule has 0 bridgehead atoms. The highest BCUT2D eigenvalue weighted by Crippen LogP contribution is 2.36. The third kappa shape index (κ3) is 3.06. The lowest BCUT2D eigenvalue weighted by molar-refractivity contribution is 1.40. The summed E-state index contributed by atoms with van der Waals surface area (Å²) in [6.07, 6.45) is 0. The minimum absolute atomic E-state index is 0.799. The van der Waals surface area contributed by atoms with Gasteiger partial charge in [0.15, 0.2) is 0 Å². The minimum Gasteiger partial charge on any atom is -0.126 e. The van der Waals surface area contributed by atoms with Gasteiger partial charge < -0.3 is 0 Å². The second-order valence-electron chi connectivity index (χ2n) is 3.55. The summed E-state index contributed by atoms with van der Waals surface area (Å²) in [5, 5.41) is 0.799. The highest BCUT2D eigenvalue weighted by atomic mass is 79.9. The van der Waals surface area contributed by atoms with Gasteiger partial charge in [0, 0.05) is 20.0 Å². The van der Waals surface area contributed by atoms with Crippen molar-refractivity contribution in [2.24, 2.45) is 0 Å². The molecule has 0 aliphatic rings. The van der Waals surface area contributed by atoms with Gasteiger partial charge in [-0.05, 0) is 29.5 Å². The number of benzene rings is 2. The zero-order valence-electron chi connectivity index (χ0n) is 9.41. The quantitative estimate of drug-likeness (QED) is 0.634. The Bertz CT molecular complexity index is 525. The molecule has 0 aliphatic heterocycles. The molecule has 0 spiro atoms. The van der Waals surface area contributed by atoms with Gasteiger partial charge >= 0.3 is 0 Å². The molecule has 0 saturated heterocycles. The molecule has 2 rings (SSSR count). The number of thioether (sulfide) groups is 1. The van der Waals surface area contributed by atoms with Gasteiger partial charge in [0.05, 0.1) is 0 Å². The Hall–Kier alpha value is -0.440. The van der Waals surface area contributed by atoms with E-state index in [4.69, 9.17) is 11.6 Å². The van der Waals surface area contributed by atoms with E-state index in [1.807, 2.05) is 30.0 Å². The van der Waals surface area contributed by atoms with Crippen molar-refractivity contribution >= 4 is 39.3 Å². The van der Waals surface area contributed by atoms with Gasteiger partial charge in [-0.3, -0.25) is 0 Å². The van der Waals surface area contributed by atoms with Crippen molar-refractivity contribution in [2.45, 2.75) is 11.8 Å². The molecule has 0 amide bonds. The van der Waals surface area contributed by atoms with Gasteiger partial charge in [0.25, 0.3) is 0 Å². The number of rotatable bonds is 3. The molecule has 2 aromatic carbocycles. The third-order valence-corrected chi connectivity index (χ3v) is 4.17. The largest absolute Gasteiger partial charge is 0.126 e. The highest BCUT2D eigenvalue weighted by Gasteiger charge is 2.08. The van der Waals surface area contributed by atoms with Crippen molar-refractivity contribution < 1.29 is 0 Å². The Morgan fingerprint density at radius 3 is 2.59 bits per heavy atom. The summed E-state index contributed by atoms with van der Waals surface area (Å²) >= 11 is 11.6. The molecule has 0 radical (unpaired) electrons. The van der Waals surface area contributed by atoms with E-state index in [1.54, 1.807) is 0 Å². The van der Waals surface area contributed by atoms with Gasteiger partial charge in [0.2, 0.25) is 0 Å². The van der Waals surface area contributed by atoms with Crippen LogP contribution < -0.4 is 0 Å². The Labute approximate surface area is 120 Å². The van der Waals surface area contributed by atoms with E-state index >= 15 is 0 Å². The molecule has 3 heteroatoms. The fraction of sp³-hybridized carbons (Fsp3) is 0.143. The second kappa shape index (κ2) is 5.94. The fourth-order valence-electron chi connectivity index (χ4n) is 1.67. The third-order valence-electron chi connectivity index (χ3n) is 2.41. The van der Waals surface area contributed by atoms with Crippen molar-refractivity contribution in [1.82, 2.24) is 0 Å². The average Bonchev–Trinajstić information content (AvgIpc) is 2.31. The first-order chi connectivity index (χ1) is 8.22. The van der Waals surface area contributed by atoms with Crippen LogP contribution in [0.3, 0.4) is 0 Å². The van der Waals surface area contributed by atoms with E-state index in [2.05, 4.69) is 47.1 Å². The molecule has 0 nitrogen and oxygen atoms in total. The lowest BCUT2D eigenvalue weighted by Crippen LogP contribution is -1.84. The van der Waals surface area contributed by atoms with E-state index in [-0.39, 0.29) is 0 Å². The zero-order chi connectivity index (χ0) is 12.3. The molecule has 0 unspecified atom stereocenters. The number of hydrogen-bond acceptors (Lipinski definition) is 1. The van der Waals surface area contributed by atoms with Crippen molar-refractivity contribution in [3.05, 3.63) is 52.0 Å². The van der Waals surface area contributed by atoms with Crippen LogP contribution in [0.5, 0.6) is 0 Å². The lowest BCUT2D eigenvalue weighted by atomic mass is 10.1. The molecular formula is C14H12BrClS. The van der Waals surface area contributed by atoms with Gasteiger partial charge in [-0.2, -0.15) is 0 Å². The summed E-state index contributed by atoms with van der Waals surface area (Å²) in [6.45, 7) is 2.15. The van der Waals surface area contributed by atoms with Gasteiger partial charge in [-0.1, -0.05) is 58.7 Å². The summed E-state index contributed by atoms with van der Waals surface area (Å²) < 4.78 is 1.10. The van der Waals surface area contributed by atoms with Gasteiger partial charge in [-0.25, -0.2) is 0 Å². The topological polar surface area (TPSA) is 0 Å². The van der Waals surface area contributed by atoms with Crippen LogP contribution in [0.25, 0.3) is 11.1 Å². The van der Waals surface area contributed by atoms with Crippen LogP contribution in [0.15, 0.2) is 51.8 Å². The average molecular weight is 328 g/mol. The molecule has 0 saturated carbocycles. The van der Waals surface area contributed by atoms with Crippen molar-refractivity contribution in [1.29, 1.82) is 0 Å². The van der Waals surface area contributed by atoms with E-state index in [9.17, 15) is 0 Å². The fourth-order valence-corrected chi connectivity index (χ4v) is 3.28. The first kappa shape index (κ1) is 13.0. The Morgan fingerprint density at radius 1 is 1.12 bits per heavy atom. The first-order valence-corrected chi connectivity index (χ1v) is 7.55. The Kier molecular flexibility index (Phi) is 4.55. The molecule has 0 aliphatic carbocycles. The van der Waals surface area contributed by atoms with E-state index in [0.717, 1.165) is 20.8 Å². The lowest BCUT2D eigenvalue weighted by Gasteiger charge is -2.10. The molecule has 2 aromatic rings. The molecule has 0 fully saturated rings. The van der Waals surface area contributed by atoms with E-state index in [1.165, 1.54) is 10.5 Å². The zero-order valence-corrected chi connectivity index (χ0v) is 12.6. The molecule has 0 N–H and O–H groups in total. The van der Waals surface area contributed by atoms with Crippen LogP contribution in [0.2, 0.25) is 5.02 Å².